The maximum Gasteiger partial charge on any atom is 0.332 e. The normalized spacial score (nSPS) is 15.8. The van der Waals surface area contributed by atoms with Crippen LogP contribution in [0.2, 0.25) is 0 Å². The number of nitrogens with two attached hydrogens (primary N) is 1. The minimum Gasteiger partial charge on any atom is -0.384 e. The Bertz CT molecular complexity index is 1430. The number of rotatable bonds is 9. The van der Waals surface area contributed by atoms with E-state index in [0.717, 1.165) is 23.0 Å². The standard InChI is InChI=1S/C28H32FN5O4/c1-2-33-27(37)24(25(30)34(28(33)38)17-19-9-4-3-5-10-19)23(35)18-32-14-7-6-13-22(32)26(36)31-16-20-11-8-12-21(29)15-20/h3-5,8-12,15,22H,2,6-7,13-14,16-18,30H2,1H3,(H,31,36)/t22-/m1/s1. The Hall–Kier alpha value is -4.05. The Morgan fingerprint density at radius 1 is 1.03 bits per heavy atom. The molecule has 1 aliphatic heterocycles. The third kappa shape index (κ3) is 5.91. The second-order valence-electron chi connectivity index (χ2n) is 9.42. The second kappa shape index (κ2) is 12.0. The number of carbonyl (C=O) groups excluding carboxylic acids is 2. The van der Waals surface area contributed by atoms with Gasteiger partial charge in [0, 0.05) is 13.1 Å². The van der Waals surface area contributed by atoms with Crippen molar-refractivity contribution in [1.29, 1.82) is 0 Å². The molecule has 2 heterocycles. The van der Waals surface area contributed by atoms with Gasteiger partial charge in [-0.2, -0.15) is 0 Å². The number of nitrogens with zero attached hydrogens (tertiary/aromatic N) is 3. The van der Waals surface area contributed by atoms with Gasteiger partial charge in [-0.15, -0.1) is 0 Å². The number of aromatic nitrogens is 2. The third-order valence-corrected chi connectivity index (χ3v) is 6.87. The average molecular weight is 522 g/mol. The quantitative estimate of drug-likeness (QED) is 0.417. The maximum atomic E-state index is 13.5. The van der Waals surface area contributed by atoms with E-state index in [1.54, 1.807) is 24.0 Å². The third-order valence-electron chi connectivity index (χ3n) is 6.87. The first-order chi connectivity index (χ1) is 18.3. The first-order valence-corrected chi connectivity index (χ1v) is 12.8. The smallest absolute Gasteiger partial charge is 0.332 e. The molecule has 38 heavy (non-hydrogen) atoms. The highest BCUT2D eigenvalue weighted by molar-refractivity contribution is 6.01. The van der Waals surface area contributed by atoms with Crippen molar-refractivity contribution < 1.29 is 14.0 Å². The van der Waals surface area contributed by atoms with Gasteiger partial charge in [0.2, 0.25) is 5.91 Å². The highest BCUT2D eigenvalue weighted by Gasteiger charge is 2.32. The van der Waals surface area contributed by atoms with Gasteiger partial charge in [-0.1, -0.05) is 48.9 Å². The fraction of sp³-hybridized carbons (Fsp3) is 0.357. The molecule has 0 saturated carbocycles. The molecular formula is C28H32FN5O4. The predicted octanol–water partition coefficient (Wildman–Crippen LogP) is 2.15. The minimum absolute atomic E-state index is 0.0852. The number of likely N-dealkylation sites (tertiary alicyclic amines) is 1. The number of amides is 1. The van der Waals surface area contributed by atoms with Crippen LogP contribution in [0.3, 0.4) is 0 Å². The van der Waals surface area contributed by atoms with Gasteiger partial charge < -0.3 is 11.1 Å². The van der Waals surface area contributed by atoms with Crippen molar-refractivity contribution in [3.05, 3.63) is 97.9 Å². The molecule has 3 aromatic rings. The molecule has 0 bridgehead atoms. The Kier molecular flexibility index (Phi) is 8.52. The van der Waals surface area contributed by atoms with E-state index in [0.29, 0.717) is 18.5 Å². The number of hydrogen-bond donors (Lipinski definition) is 2. The molecule has 0 radical (unpaired) electrons. The summed E-state index contributed by atoms with van der Waals surface area (Å²) in [4.78, 5) is 54.4. The number of ketones is 1. The van der Waals surface area contributed by atoms with E-state index in [2.05, 4.69) is 5.32 Å². The molecule has 0 unspecified atom stereocenters. The summed E-state index contributed by atoms with van der Waals surface area (Å²) >= 11 is 0. The summed E-state index contributed by atoms with van der Waals surface area (Å²) in [7, 11) is 0. The van der Waals surface area contributed by atoms with E-state index in [1.807, 2.05) is 30.3 Å². The molecule has 1 fully saturated rings. The van der Waals surface area contributed by atoms with Crippen molar-refractivity contribution in [1.82, 2.24) is 19.4 Å². The SMILES string of the molecule is CCn1c(=O)c(C(=O)CN2CCCC[C@@H]2C(=O)NCc2cccc(F)c2)c(N)n(Cc2ccccc2)c1=O. The summed E-state index contributed by atoms with van der Waals surface area (Å²) < 4.78 is 15.7. The van der Waals surface area contributed by atoms with E-state index >= 15 is 0 Å². The zero-order valence-corrected chi connectivity index (χ0v) is 21.4. The molecule has 1 aromatic heterocycles. The first-order valence-electron chi connectivity index (χ1n) is 12.8. The van der Waals surface area contributed by atoms with Gasteiger partial charge >= 0.3 is 5.69 Å². The number of carbonyl (C=O) groups is 2. The van der Waals surface area contributed by atoms with Crippen molar-refractivity contribution >= 4 is 17.5 Å². The topological polar surface area (TPSA) is 119 Å². The van der Waals surface area contributed by atoms with Gasteiger partial charge in [-0.05, 0) is 49.6 Å². The highest BCUT2D eigenvalue weighted by atomic mass is 19.1. The lowest BCUT2D eigenvalue weighted by Crippen LogP contribution is -2.52. The highest BCUT2D eigenvalue weighted by Crippen LogP contribution is 2.19. The van der Waals surface area contributed by atoms with Crippen LogP contribution < -0.4 is 22.3 Å². The Morgan fingerprint density at radius 2 is 1.76 bits per heavy atom. The number of piperidine rings is 1. The number of anilines is 1. The number of hydrogen-bond acceptors (Lipinski definition) is 6. The predicted molar refractivity (Wildman–Crippen MR) is 142 cm³/mol. The van der Waals surface area contributed by atoms with E-state index < -0.39 is 23.1 Å². The van der Waals surface area contributed by atoms with Gasteiger partial charge in [0.1, 0.15) is 17.2 Å². The van der Waals surface area contributed by atoms with Gasteiger partial charge in [0.05, 0.1) is 19.1 Å². The van der Waals surface area contributed by atoms with Crippen molar-refractivity contribution in [2.45, 2.75) is 51.9 Å². The molecule has 3 N–H and O–H groups in total. The molecule has 1 amide bonds. The van der Waals surface area contributed by atoms with E-state index in [1.165, 1.54) is 16.7 Å². The van der Waals surface area contributed by atoms with E-state index in [4.69, 9.17) is 5.73 Å². The zero-order valence-electron chi connectivity index (χ0n) is 21.4. The molecule has 1 aliphatic rings. The summed E-state index contributed by atoms with van der Waals surface area (Å²) in [5, 5.41) is 2.83. The zero-order chi connectivity index (χ0) is 27.2. The number of benzene rings is 2. The first kappa shape index (κ1) is 27.0. The second-order valence-corrected chi connectivity index (χ2v) is 9.42. The Morgan fingerprint density at radius 3 is 2.47 bits per heavy atom. The van der Waals surface area contributed by atoms with Gasteiger partial charge in [0.25, 0.3) is 5.56 Å². The summed E-state index contributed by atoms with van der Waals surface area (Å²) in [5.41, 5.74) is 6.16. The molecule has 2 aromatic carbocycles. The van der Waals surface area contributed by atoms with Crippen molar-refractivity contribution in [3.63, 3.8) is 0 Å². The van der Waals surface area contributed by atoms with E-state index in [-0.39, 0.29) is 49.3 Å². The van der Waals surface area contributed by atoms with Crippen LogP contribution in [0, 0.1) is 5.82 Å². The number of nitrogens with one attached hydrogen (secondary N) is 1. The summed E-state index contributed by atoms with van der Waals surface area (Å²) in [6.45, 7) is 2.32. The monoisotopic (exact) mass is 521 g/mol. The summed E-state index contributed by atoms with van der Waals surface area (Å²) in [6.07, 6.45) is 2.16. The molecule has 0 spiro atoms. The van der Waals surface area contributed by atoms with Crippen LogP contribution in [-0.4, -0.2) is 44.9 Å². The van der Waals surface area contributed by atoms with Crippen LogP contribution in [0.5, 0.6) is 0 Å². The van der Waals surface area contributed by atoms with Crippen LogP contribution in [0.25, 0.3) is 0 Å². The summed E-state index contributed by atoms with van der Waals surface area (Å²) in [6, 6.07) is 14.6. The van der Waals surface area contributed by atoms with Crippen molar-refractivity contribution in [3.8, 4) is 0 Å². The molecule has 200 valence electrons. The fourth-order valence-electron chi connectivity index (χ4n) is 4.87. The van der Waals surface area contributed by atoms with Gasteiger partial charge in [-0.3, -0.25) is 28.4 Å². The Balaban J connectivity index is 1.57. The van der Waals surface area contributed by atoms with Crippen LogP contribution in [0.1, 0.15) is 47.7 Å². The number of Topliss-reactive ketones (excluding diaryl/α,β-unsaturated/α-hetero) is 1. The molecule has 4 rings (SSSR count). The van der Waals surface area contributed by atoms with Gasteiger partial charge in [0.15, 0.2) is 5.78 Å². The number of halogens is 1. The van der Waals surface area contributed by atoms with Crippen LogP contribution in [0.15, 0.2) is 64.2 Å². The van der Waals surface area contributed by atoms with Crippen LogP contribution >= 0.6 is 0 Å². The molecule has 1 atom stereocenters. The largest absolute Gasteiger partial charge is 0.384 e. The minimum atomic E-state index is -0.728. The lowest BCUT2D eigenvalue weighted by molar-refractivity contribution is -0.127. The number of nitrogen functional groups attached to an aromatic ring is 1. The lowest BCUT2D eigenvalue weighted by atomic mass is 10.00. The fourth-order valence-corrected chi connectivity index (χ4v) is 4.87. The molecule has 0 aliphatic carbocycles. The van der Waals surface area contributed by atoms with Crippen molar-refractivity contribution in [2.75, 3.05) is 18.8 Å². The van der Waals surface area contributed by atoms with E-state index in [9.17, 15) is 23.6 Å². The van der Waals surface area contributed by atoms with Crippen molar-refractivity contribution in [2.24, 2.45) is 0 Å². The average Bonchev–Trinajstić information content (AvgIpc) is 2.91. The molecule has 1 saturated heterocycles. The summed E-state index contributed by atoms with van der Waals surface area (Å²) in [5.74, 6) is -1.37. The maximum absolute atomic E-state index is 13.5. The lowest BCUT2D eigenvalue weighted by Gasteiger charge is -2.34. The molecule has 10 heteroatoms. The molecular weight excluding hydrogens is 489 g/mol. The van der Waals surface area contributed by atoms with Gasteiger partial charge in [-0.25, -0.2) is 9.18 Å². The van der Waals surface area contributed by atoms with Crippen LogP contribution in [-0.2, 0) is 24.4 Å². The van der Waals surface area contributed by atoms with Crippen LogP contribution in [0.4, 0.5) is 10.2 Å². The molecule has 9 nitrogen and oxygen atoms in total. The Labute approximate surface area is 219 Å².